The van der Waals surface area contributed by atoms with Crippen molar-refractivity contribution in [2.24, 2.45) is 5.73 Å². The summed E-state index contributed by atoms with van der Waals surface area (Å²) in [6.45, 7) is 6.27. The fourth-order valence-corrected chi connectivity index (χ4v) is 3.03. The lowest BCUT2D eigenvalue weighted by molar-refractivity contribution is -0.122. The Morgan fingerprint density at radius 1 is 1.21 bits per heavy atom. The summed E-state index contributed by atoms with van der Waals surface area (Å²) in [4.78, 5) is 14.4. The van der Waals surface area contributed by atoms with Gasteiger partial charge in [-0.15, -0.1) is 24.8 Å². The summed E-state index contributed by atoms with van der Waals surface area (Å²) in [6.07, 6.45) is 3.36. The average molecular weight is 376 g/mol. The van der Waals surface area contributed by atoms with Crippen LogP contribution in [-0.4, -0.2) is 36.0 Å². The van der Waals surface area contributed by atoms with Crippen molar-refractivity contribution in [2.45, 2.75) is 57.7 Å². The normalized spacial score (nSPS) is 18.0. The summed E-state index contributed by atoms with van der Waals surface area (Å²) in [5.41, 5.74) is 7.06. The molecule has 1 heterocycles. The van der Waals surface area contributed by atoms with Crippen LogP contribution < -0.4 is 11.1 Å². The molecule has 1 aliphatic rings. The lowest BCUT2D eigenvalue weighted by Crippen LogP contribution is -2.45. The number of piperidine rings is 1. The van der Waals surface area contributed by atoms with Crippen molar-refractivity contribution in [1.29, 1.82) is 0 Å². The molecule has 0 aliphatic carbocycles. The Balaban J connectivity index is 0.00000264. The fraction of sp³-hybridized carbons (Fsp3) is 0.611. The summed E-state index contributed by atoms with van der Waals surface area (Å²) in [6, 6.07) is 11.5. The van der Waals surface area contributed by atoms with Gasteiger partial charge in [-0.05, 0) is 38.7 Å². The smallest absolute Gasteiger partial charge is 0.220 e. The lowest BCUT2D eigenvalue weighted by Gasteiger charge is -2.36. The number of carbonyl (C=O) groups excluding carboxylic acids is 1. The first-order chi connectivity index (χ1) is 10.6. The third-order valence-electron chi connectivity index (χ3n) is 4.55. The predicted octanol–water partition coefficient (Wildman–Crippen LogP) is 3.30. The van der Waals surface area contributed by atoms with Crippen molar-refractivity contribution in [2.75, 3.05) is 13.1 Å². The molecule has 0 bridgehead atoms. The minimum absolute atomic E-state index is 0. The number of hydrogen-bond donors (Lipinski definition) is 2. The van der Waals surface area contributed by atoms with Gasteiger partial charge in [-0.3, -0.25) is 9.69 Å². The number of halogens is 2. The third-order valence-corrected chi connectivity index (χ3v) is 4.55. The van der Waals surface area contributed by atoms with Crippen LogP contribution in [0, 0.1) is 0 Å². The molecule has 0 aromatic heterocycles. The molecule has 2 atom stereocenters. The van der Waals surface area contributed by atoms with E-state index >= 15 is 0 Å². The number of nitrogens with zero attached hydrogens (tertiary/aromatic N) is 1. The third kappa shape index (κ3) is 7.39. The van der Waals surface area contributed by atoms with Gasteiger partial charge in [-0.2, -0.15) is 0 Å². The van der Waals surface area contributed by atoms with Crippen LogP contribution >= 0.6 is 24.8 Å². The van der Waals surface area contributed by atoms with Gasteiger partial charge in [-0.1, -0.05) is 30.3 Å². The molecule has 0 radical (unpaired) electrons. The number of rotatable bonds is 6. The van der Waals surface area contributed by atoms with Gasteiger partial charge in [0.15, 0.2) is 0 Å². The molecular formula is C18H31Cl2N3O. The van der Waals surface area contributed by atoms with E-state index in [1.165, 1.54) is 5.56 Å². The number of amides is 1. The number of carbonyl (C=O) groups is 1. The summed E-state index contributed by atoms with van der Waals surface area (Å²) in [5.74, 6) is 0.145. The van der Waals surface area contributed by atoms with E-state index < -0.39 is 0 Å². The van der Waals surface area contributed by atoms with Crippen LogP contribution in [0.25, 0.3) is 0 Å². The number of nitrogens with two attached hydrogens (primary N) is 1. The van der Waals surface area contributed by atoms with Gasteiger partial charge in [0.2, 0.25) is 5.91 Å². The second-order valence-electron chi connectivity index (χ2n) is 6.48. The van der Waals surface area contributed by atoms with E-state index in [0.29, 0.717) is 18.5 Å². The van der Waals surface area contributed by atoms with E-state index in [2.05, 4.69) is 47.5 Å². The molecule has 6 heteroatoms. The molecule has 2 unspecified atom stereocenters. The zero-order chi connectivity index (χ0) is 15.9. The lowest BCUT2D eigenvalue weighted by atomic mass is 10.00. The van der Waals surface area contributed by atoms with E-state index in [1.54, 1.807) is 0 Å². The van der Waals surface area contributed by atoms with Crippen molar-refractivity contribution in [1.82, 2.24) is 10.2 Å². The van der Waals surface area contributed by atoms with Crippen LogP contribution in [0.15, 0.2) is 30.3 Å². The van der Waals surface area contributed by atoms with E-state index in [0.717, 1.165) is 32.4 Å². The molecule has 0 saturated carbocycles. The Bertz CT molecular complexity index is 463. The maximum atomic E-state index is 11.9. The standard InChI is InChI=1S/C18H29N3O.2ClH/c1-14(19)8-9-18(22)20-17-10-12-21(13-11-17)15(2)16-6-4-3-5-7-16;;/h3-7,14-15,17H,8-13,19H2,1-2H3,(H,20,22);2*1H. The quantitative estimate of drug-likeness (QED) is 0.801. The Labute approximate surface area is 158 Å². The number of likely N-dealkylation sites (tertiary alicyclic amines) is 1. The second-order valence-corrected chi connectivity index (χ2v) is 6.48. The van der Waals surface area contributed by atoms with Gasteiger partial charge in [0.25, 0.3) is 0 Å². The first-order valence-corrected chi connectivity index (χ1v) is 8.40. The maximum Gasteiger partial charge on any atom is 0.220 e. The van der Waals surface area contributed by atoms with E-state index in [1.807, 2.05) is 6.92 Å². The van der Waals surface area contributed by atoms with Crippen LogP contribution in [-0.2, 0) is 4.79 Å². The molecular weight excluding hydrogens is 345 g/mol. The number of hydrogen-bond acceptors (Lipinski definition) is 3. The number of benzene rings is 1. The zero-order valence-corrected chi connectivity index (χ0v) is 16.2. The Morgan fingerprint density at radius 3 is 2.33 bits per heavy atom. The minimum Gasteiger partial charge on any atom is -0.353 e. The zero-order valence-electron chi connectivity index (χ0n) is 14.6. The summed E-state index contributed by atoms with van der Waals surface area (Å²) < 4.78 is 0. The molecule has 1 aromatic carbocycles. The highest BCUT2D eigenvalue weighted by Crippen LogP contribution is 2.24. The topological polar surface area (TPSA) is 58.4 Å². The molecule has 0 spiro atoms. The Hall–Kier alpha value is -0.810. The largest absolute Gasteiger partial charge is 0.353 e. The highest BCUT2D eigenvalue weighted by atomic mass is 35.5. The molecule has 1 aromatic rings. The molecule has 3 N–H and O–H groups in total. The molecule has 1 amide bonds. The van der Waals surface area contributed by atoms with Crippen molar-refractivity contribution < 1.29 is 4.79 Å². The van der Waals surface area contributed by atoms with Crippen LogP contribution in [0.5, 0.6) is 0 Å². The van der Waals surface area contributed by atoms with E-state index in [9.17, 15) is 4.79 Å². The van der Waals surface area contributed by atoms with E-state index in [4.69, 9.17) is 5.73 Å². The molecule has 4 nitrogen and oxygen atoms in total. The summed E-state index contributed by atoms with van der Waals surface area (Å²) in [5, 5.41) is 3.15. The van der Waals surface area contributed by atoms with Crippen molar-refractivity contribution in [3.8, 4) is 0 Å². The van der Waals surface area contributed by atoms with Gasteiger partial charge in [0.05, 0.1) is 0 Å². The van der Waals surface area contributed by atoms with Crippen LogP contribution in [0.3, 0.4) is 0 Å². The molecule has 24 heavy (non-hydrogen) atoms. The molecule has 138 valence electrons. The van der Waals surface area contributed by atoms with Crippen molar-refractivity contribution in [3.63, 3.8) is 0 Å². The predicted molar refractivity (Wildman–Crippen MR) is 105 cm³/mol. The monoisotopic (exact) mass is 375 g/mol. The SMILES string of the molecule is CC(N)CCC(=O)NC1CCN(C(C)c2ccccc2)CC1.Cl.Cl. The van der Waals surface area contributed by atoms with E-state index in [-0.39, 0.29) is 36.8 Å². The van der Waals surface area contributed by atoms with Crippen LogP contribution in [0.4, 0.5) is 0 Å². The Morgan fingerprint density at radius 2 is 1.79 bits per heavy atom. The first-order valence-electron chi connectivity index (χ1n) is 8.40. The van der Waals surface area contributed by atoms with Crippen molar-refractivity contribution in [3.05, 3.63) is 35.9 Å². The first kappa shape index (κ1) is 23.2. The van der Waals surface area contributed by atoms with Gasteiger partial charge in [0, 0.05) is 37.6 Å². The molecule has 1 fully saturated rings. The van der Waals surface area contributed by atoms with Gasteiger partial charge in [0.1, 0.15) is 0 Å². The maximum absolute atomic E-state index is 11.9. The van der Waals surface area contributed by atoms with Gasteiger partial charge in [-0.25, -0.2) is 0 Å². The van der Waals surface area contributed by atoms with Crippen LogP contribution in [0.1, 0.15) is 51.1 Å². The van der Waals surface area contributed by atoms with Gasteiger partial charge >= 0.3 is 0 Å². The van der Waals surface area contributed by atoms with Crippen molar-refractivity contribution >= 4 is 30.7 Å². The minimum atomic E-state index is 0. The summed E-state index contributed by atoms with van der Waals surface area (Å²) in [7, 11) is 0. The second kappa shape index (κ2) is 11.7. The highest BCUT2D eigenvalue weighted by Gasteiger charge is 2.24. The number of nitrogens with one attached hydrogen (secondary N) is 1. The Kier molecular flexibility index (Phi) is 11.3. The molecule has 1 aliphatic heterocycles. The highest BCUT2D eigenvalue weighted by molar-refractivity contribution is 5.85. The van der Waals surface area contributed by atoms with Gasteiger partial charge < -0.3 is 11.1 Å². The molecule has 2 rings (SSSR count). The average Bonchev–Trinajstić information content (AvgIpc) is 2.54. The molecule has 1 saturated heterocycles. The fourth-order valence-electron chi connectivity index (χ4n) is 3.03. The van der Waals surface area contributed by atoms with Crippen LogP contribution in [0.2, 0.25) is 0 Å². The summed E-state index contributed by atoms with van der Waals surface area (Å²) >= 11 is 0.